The predicted molar refractivity (Wildman–Crippen MR) is 104 cm³/mol. The first-order chi connectivity index (χ1) is 14.3. The zero-order valence-electron chi connectivity index (χ0n) is 15.7. The van der Waals surface area contributed by atoms with Crippen molar-refractivity contribution in [2.45, 2.75) is 12.7 Å². The molecule has 3 aromatic rings. The average Bonchev–Trinajstić information content (AvgIpc) is 2.76. The van der Waals surface area contributed by atoms with Crippen LogP contribution in [0.25, 0.3) is 0 Å². The van der Waals surface area contributed by atoms with Gasteiger partial charge in [-0.15, -0.1) is 0 Å². The molecule has 0 unspecified atom stereocenters. The molecule has 9 heteroatoms. The van der Waals surface area contributed by atoms with Gasteiger partial charge in [-0.25, -0.2) is 22.0 Å². The smallest absolute Gasteiger partial charge is 0.264 e. The van der Waals surface area contributed by atoms with Gasteiger partial charge in [0.05, 0.1) is 6.61 Å². The van der Waals surface area contributed by atoms with E-state index in [2.05, 4.69) is 5.32 Å². The van der Waals surface area contributed by atoms with Crippen molar-refractivity contribution in [3.05, 3.63) is 95.3 Å². The summed E-state index contributed by atoms with van der Waals surface area (Å²) in [7, 11) is -4.73. The summed E-state index contributed by atoms with van der Waals surface area (Å²) in [4.78, 5) is 0. The standard InChI is InChI=1S/C21H17F5NO2P/c1-2-29-30(28,20-18(25)16(23)15(22)17(24)19(20)26)21(13-9-5-3-6-10-13)27-14-11-7-4-8-12-14/h3-12,21,27H,2H2,1H3/t21-,30+/m1/s1. The molecule has 0 aliphatic heterocycles. The molecule has 0 radical (unpaired) electrons. The van der Waals surface area contributed by atoms with E-state index in [0.29, 0.717) is 5.69 Å². The number of halogens is 5. The van der Waals surface area contributed by atoms with Gasteiger partial charge < -0.3 is 9.84 Å². The fourth-order valence-corrected chi connectivity index (χ4v) is 5.57. The van der Waals surface area contributed by atoms with Gasteiger partial charge >= 0.3 is 0 Å². The number of anilines is 1. The Kier molecular flexibility index (Phi) is 6.58. The van der Waals surface area contributed by atoms with Gasteiger partial charge in [0.1, 0.15) is 11.1 Å². The van der Waals surface area contributed by atoms with Gasteiger partial charge in [0.25, 0.3) is 7.37 Å². The molecular formula is C21H17F5NO2P. The lowest BCUT2D eigenvalue weighted by Crippen LogP contribution is -2.28. The Balaban J connectivity index is 2.29. The summed E-state index contributed by atoms with van der Waals surface area (Å²) in [6, 6.07) is 16.1. The van der Waals surface area contributed by atoms with E-state index >= 15 is 0 Å². The van der Waals surface area contributed by atoms with Crippen LogP contribution in [0.4, 0.5) is 27.6 Å². The molecule has 0 bridgehead atoms. The SMILES string of the molecule is CCO[P@@](=O)(c1c(F)c(F)c(F)c(F)c1F)[C@@H](Nc1ccccc1)c1ccccc1. The van der Waals surface area contributed by atoms with Crippen LogP contribution in [0.2, 0.25) is 0 Å². The largest absolute Gasteiger partial charge is 0.370 e. The maximum absolute atomic E-state index is 14.6. The highest BCUT2D eigenvalue weighted by atomic mass is 31.2. The maximum atomic E-state index is 14.6. The van der Waals surface area contributed by atoms with Crippen molar-refractivity contribution in [3.8, 4) is 0 Å². The quantitative estimate of drug-likeness (QED) is 0.207. The van der Waals surface area contributed by atoms with Crippen molar-refractivity contribution >= 4 is 18.4 Å². The summed E-state index contributed by atoms with van der Waals surface area (Å²) >= 11 is 0. The van der Waals surface area contributed by atoms with Crippen molar-refractivity contribution in [3.63, 3.8) is 0 Å². The second-order valence-electron chi connectivity index (χ2n) is 6.26. The lowest BCUT2D eigenvalue weighted by molar-refractivity contribution is 0.330. The Bertz CT molecular complexity index is 1050. The number of rotatable bonds is 7. The van der Waals surface area contributed by atoms with Crippen LogP contribution in [-0.2, 0) is 9.09 Å². The molecule has 0 aromatic heterocycles. The van der Waals surface area contributed by atoms with Crippen LogP contribution in [0, 0.1) is 29.1 Å². The van der Waals surface area contributed by atoms with Gasteiger partial charge in [0.15, 0.2) is 23.3 Å². The second-order valence-corrected chi connectivity index (χ2v) is 8.67. The van der Waals surface area contributed by atoms with Crippen molar-refractivity contribution in [2.24, 2.45) is 0 Å². The predicted octanol–water partition coefficient (Wildman–Crippen LogP) is 6.13. The molecule has 0 amide bonds. The Hall–Kier alpha value is -2.70. The minimum Gasteiger partial charge on any atom is -0.370 e. The van der Waals surface area contributed by atoms with E-state index in [1.807, 2.05) is 0 Å². The van der Waals surface area contributed by atoms with Gasteiger partial charge in [-0.3, -0.25) is 4.57 Å². The third-order valence-corrected chi connectivity index (χ3v) is 7.12. The van der Waals surface area contributed by atoms with Crippen molar-refractivity contribution in [1.29, 1.82) is 0 Å². The Morgan fingerprint density at radius 3 is 1.77 bits per heavy atom. The Morgan fingerprint density at radius 2 is 1.27 bits per heavy atom. The fraction of sp³-hybridized carbons (Fsp3) is 0.143. The van der Waals surface area contributed by atoms with E-state index < -0.39 is 47.5 Å². The monoisotopic (exact) mass is 441 g/mol. The number of hydrogen-bond acceptors (Lipinski definition) is 3. The van der Waals surface area contributed by atoms with Crippen molar-refractivity contribution in [1.82, 2.24) is 0 Å². The number of nitrogens with one attached hydrogen (secondary N) is 1. The lowest BCUT2D eigenvalue weighted by atomic mass is 10.2. The molecule has 3 aromatic carbocycles. The minimum atomic E-state index is -4.73. The second kappa shape index (κ2) is 8.98. The molecular weight excluding hydrogens is 424 g/mol. The normalized spacial score (nSPS) is 14.2. The van der Waals surface area contributed by atoms with E-state index in [0.717, 1.165) is 0 Å². The highest BCUT2D eigenvalue weighted by molar-refractivity contribution is 7.67. The molecule has 1 N–H and O–H groups in total. The zero-order valence-corrected chi connectivity index (χ0v) is 16.6. The molecule has 0 aliphatic rings. The maximum Gasteiger partial charge on any atom is 0.264 e. The van der Waals surface area contributed by atoms with E-state index in [4.69, 9.17) is 4.52 Å². The van der Waals surface area contributed by atoms with Crippen LogP contribution in [0.3, 0.4) is 0 Å². The van der Waals surface area contributed by atoms with Gasteiger partial charge in [-0.2, -0.15) is 0 Å². The molecule has 158 valence electrons. The first-order valence-electron chi connectivity index (χ1n) is 8.94. The van der Waals surface area contributed by atoms with Crippen LogP contribution >= 0.6 is 7.37 Å². The molecule has 0 spiro atoms. The molecule has 3 nitrogen and oxygen atoms in total. The molecule has 0 aliphatic carbocycles. The van der Waals surface area contributed by atoms with Crippen LogP contribution in [0.5, 0.6) is 0 Å². The molecule has 0 heterocycles. The highest BCUT2D eigenvalue weighted by Gasteiger charge is 2.45. The Labute approximate surface area is 170 Å². The highest BCUT2D eigenvalue weighted by Crippen LogP contribution is 2.60. The third-order valence-electron chi connectivity index (χ3n) is 4.35. The van der Waals surface area contributed by atoms with Gasteiger partial charge in [0, 0.05) is 5.69 Å². The number of hydrogen-bond donors (Lipinski definition) is 1. The molecule has 0 saturated carbocycles. The van der Waals surface area contributed by atoms with Gasteiger partial charge in [-0.1, -0.05) is 48.5 Å². The first kappa shape index (κ1) is 22.0. The molecule has 2 atom stereocenters. The minimum absolute atomic E-state index is 0.280. The van der Waals surface area contributed by atoms with Crippen LogP contribution in [0.15, 0.2) is 60.7 Å². The van der Waals surface area contributed by atoms with E-state index in [1.165, 1.54) is 19.1 Å². The topological polar surface area (TPSA) is 38.3 Å². The van der Waals surface area contributed by atoms with Crippen LogP contribution in [0.1, 0.15) is 18.3 Å². The summed E-state index contributed by atoms with van der Waals surface area (Å²) < 4.78 is 89.9. The Morgan fingerprint density at radius 1 is 0.800 bits per heavy atom. The van der Waals surface area contributed by atoms with E-state index in [9.17, 15) is 26.5 Å². The van der Waals surface area contributed by atoms with Gasteiger partial charge in [-0.05, 0) is 24.6 Å². The van der Waals surface area contributed by atoms with Crippen molar-refractivity contribution in [2.75, 3.05) is 11.9 Å². The molecule has 3 rings (SSSR count). The molecule has 0 saturated heterocycles. The molecule has 0 fully saturated rings. The van der Waals surface area contributed by atoms with E-state index in [-0.39, 0.29) is 12.2 Å². The number of benzene rings is 3. The van der Waals surface area contributed by atoms with Gasteiger partial charge in [0.2, 0.25) is 5.82 Å². The first-order valence-corrected chi connectivity index (χ1v) is 10.6. The summed E-state index contributed by atoms with van der Waals surface area (Å²) in [5.41, 5.74) is 0.692. The summed E-state index contributed by atoms with van der Waals surface area (Å²) in [6.45, 7) is 1.11. The average molecular weight is 441 g/mol. The summed E-state index contributed by atoms with van der Waals surface area (Å²) in [5, 5.41) is 1.39. The summed E-state index contributed by atoms with van der Waals surface area (Å²) in [6.07, 6.45) is 0. The zero-order chi connectivity index (χ0) is 21.9. The van der Waals surface area contributed by atoms with E-state index in [1.54, 1.807) is 48.5 Å². The lowest BCUT2D eigenvalue weighted by Gasteiger charge is -2.30. The summed E-state index contributed by atoms with van der Waals surface area (Å²) in [5.74, 6) is -12.5. The molecule has 30 heavy (non-hydrogen) atoms. The van der Waals surface area contributed by atoms with Crippen LogP contribution < -0.4 is 10.6 Å². The van der Waals surface area contributed by atoms with Crippen molar-refractivity contribution < 1.29 is 31.0 Å². The fourth-order valence-electron chi connectivity index (χ4n) is 3.02. The van der Waals surface area contributed by atoms with Crippen LogP contribution in [-0.4, -0.2) is 6.61 Å². The third kappa shape index (κ3) is 3.98. The number of para-hydroxylation sites is 1.